The minimum atomic E-state index is 0.583. The highest BCUT2D eigenvalue weighted by Crippen LogP contribution is 1.98. The molecule has 0 saturated carbocycles. The lowest BCUT2D eigenvalue weighted by atomic mass is 10.2. The average molecular weight is 173 g/mol. The van der Waals surface area contributed by atoms with Gasteiger partial charge in [-0.2, -0.15) is 0 Å². The van der Waals surface area contributed by atoms with Crippen molar-refractivity contribution in [3.63, 3.8) is 0 Å². The molecule has 1 fully saturated rings. The SMILES string of the molecule is CCCCOCCNC1COC1. The van der Waals surface area contributed by atoms with Gasteiger partial charge >= 0.3 is 0 Å². The molecule has 1 saturated heterocycles. The minimum absolute atomic E-state index is 0.583. The molecule has 1 aliphatic heterocycles. The van der Waals surface area contributed by atoms with E-state index >= 15 is 0 Å². The van der Waals surface area contributed by atoms with E-state index < -0.39 is 0 Å². The number of ether oxygens (including phenoxy) is 2. The molecule has 0 aromatic rings. The number of hydrogen-bond donors (Lipinski definition) is 1. The molecule has 0 radical (unpaired) electrons. The van der Waals surface area contributed by atoms with Gasteiger partial charge in [0.15, 0.2) is 0 Å². The summed E-state index contributed by atoms with van der Waals surface area (Å²) >= 11 is 0. The Morgan fingerprint density at radius 1 is 1.42 bits per heavy atom. The fourth-order valence-corrected chi connectivity index (χ4v) is 1.04. The van der Waals surface area contributed by atoms with Crippen LogP contribution in [0.25, 0.3) is 0 Å². The highest BCUT2D eigenvalue weighted by molar-refractivity contribution is 4.71. The third kappa shape index (κ3) is 4.04. The Bertz CT molecular complexity index is 105. The summed E-state index contributed by atoms with van der Waals surface area (Å²) in [7, 11) is 0. The van der Waals surface area contributed by atoms with Crippen molar-refractivity contribution in [3.8, 4) is 0 Å². The zero-order chi connectivity index (χ0) is 8.65. The van der Waals surface area contributed by atoms with Crippen LogP contribution in [0.2, 0.25) is 0 Å². The van der Waals surface area contributed by atoms with Crippen molar-refractivity contribution in [2.45, 2.75) is 25.8 Å². The number of unbranched alkanes of at least 4 members (excludes halogenated alkanes) is 1. The van der Waals surface area contributed by atoms with Crippen LogP contribution in [0.5, 0.6) is 0 Å². The zero-order valence-corrected chi connectivity index (χ0v) is 7.84. The summed E-state index contributed by atoms with van der Waals surface area (Å²) < 4.78 is 10.4. The van der Waals surface area contributed by atoms with Crippen LogP contribution in [0.4, 0.5) is 0 Å². The highest BCUT2D eigenvalue weighted by Gasteiger charge is 2.16. The summed E-state index contributed by atoms with van der Waals surface area (Å²) in [5.74, 6) is 0. The predicted octanol–water partition coefficient (Wildman–Crippen LogP) is 0.791. The second kappa shape index (κ2) is 6.40. The molecule has 1 N–H and O–H groups in total. The van der Waals surface area contributed by atoms with Crippen molar-refractivity contribution in [1.82, 2.24) is 5.32 Å². The lowest BCUT2D eigenvalue weighted by Crippen LogP contribution is -2.46. The van der Waals surface area contributed by atoms with Gasteiger partial charge in [0, 0.05) is 13.2 Å². The first kappa shape index (κ1) is 9.96. The molecule has 0 aromatic carbocycles. The van der Waals surface area contributed by atoms with Crippen molar-refractivity contribution < 1.29 is 9.47 Å². The van der Waals surface area contributed by atoms with E-state index in [0.29, 0.717) is 6.04 Å². The zero-order valence-electron chi connectivity index (χ0n) is 7.84. The van der Waals surface area contributed by atoms with Crippen molar-refractivity contribution in [2.24, 2.45) is 0 Å². The molecule has 0 bridgehead atoms. The molecule has 0 aliphatic carbocycles. The van der Waals surface area contributed by atoms with Gasteiger partial charge in [-0.15, -0.1) is 0 Å². The van der Waals surface area contributed by atoms with Crippen LogP contribution >= 0.6 is 0 Å². The van der Waals surface area contributed by atoms with Gasteiger partial charge in [0.2, 0.25) is 0 Å². The standard InChI is InChI=1S/C9H19NO2/c1-2-3-5-11-6-4-10-9-7-12-8-9/h9-10H,2-8H2,1H3. The van der Waals surface area contributed by atoms with Gasteiger partial charge in [-0.05, 0) is 6.42 Å². The summed E-state index contributed by atoms with van der Waals surface area (Å²) in [6, 6.07) is 0.583. The van der Waals surface area contributed by atoms with Gasteiger partial charge in [0.1, 0.15) is 0 Å². The first-order valence-corrected chi connectivity index (χ1v) is 4.82. The molecule has 1 heterocycles. The minimum Gasteiger partial charge on any atom is -0.380 e. The van der Waals surface area contributed by atoms with Crippen molar-refractivity contribution in [1.29, 1.82) is 0 Å². The first-order chi connectivity index (χ1) is 5.93. The third-order valence-corrected chi connectivity index (χ3v) is 1.96. The summed E-state index contributed by atoms with van der Waals surface area (Å²) in [6.45, 7) is 6.60. The van der Waals surface area contributed by atoms with E-state index in [0.717, 1.165) is 33.0 Å². The van der Waals surface area contributed by atoms with E-state index in [1.165, 1.54) is 12.8 Å². The molecule has 3 nitrogen and oxygen atoms in total. The lowest BCUT2D eigenvalue weighted by molar-refractivity contribution is -0.00817. The Hall–Kier alpha value is -0.120. The first-order valence-electron chi connectivity index (χ1n) is 4.82. The summed E-state index contributed by atoms with van der Waals surface area (Å²) in [5.41, 5.74) is 0. The molecule has 0 atom stereocenters. The molecule has 0 amide bonds. The molecule has 1 aliphatic rings. The van der Waals surface area contributed by atoms with E-state index in [-0.39, 0.29) is 0 Å². The van der Waals surface area contributed by atoms with Crippen molar-refractivity contribution in [3.05, 3.63) is 0 Å². The monoisotopic (exact) mass is 173 g/mol. The van der Waals surface area contributed by atoms with Crippen LogP contribution in [-0.4, -0.2) is 39.0 Å². The molecule has 0 unspecified atom stereocenters. The molecule has 3 heteroatoms. The molecule has 0 spiro atoms. The largest absolute Gasteiger partial charge is 0.380 e. The topological polar surface area (TPSA) is 30.5 Å². The Labute approximate surface area is 74.4 Å². The predicted molar refractivity (Wildman–Crippen MR) is 48.3 cm³/mol. The molecule has 72 valence electrons. The second-order valence-electron chi connectivity index (χ2n) is 3.15. The van der Waals surface area contributed by atoms with Crippen LogP contribution in [0.1, 0.15) is 19.8 Å². The maximum absolute atomic E-state index is 5.39. The highest BCUT2D eigenvalue weighted by atomic mass is 16.5. The summed E-state index contributed by atoms with van der Waals surface area (Å²) in [4.78, 5) is 0. The maximum Gasteiger partial charge on any atom is 0.0643 e. The van der Waals surface area contributed by atoms with Gasteiger partial charge in [0.05, 0.1) is 25.9 Å². The van der Waals surface area contributed by atoms with Gasteiger partial charge in [0.25, 0.3) is 0 Å². The Kier molecular flexibility index (Phi) is 5.32. The normalized spacial score (nSPS) is 17.8. The fourth-order valence-electron chi connectivity index (χ4n) is 1.04. The van der Waals surface area contributed by atoms with Gasteiger partial charge in [-0.1, -0.05) is 13.3 Å². The second-order valence-corrected chi connectivity index (χ2v) is 3.15. The van der Waals surface area contributed by atoms with Crippen LogP contribution < -0.4 is 5.32 Å². The molecule has 1 rings (SSSR count). The van der Waals surface area contributed by atoms with E-state index in [4.69, 9.17) is 9.47 Å². The van der Waals surface area contributed by atoms with Crippen LogP contribution in [0, 0.1) is 0 Å². The van der Waals surface area contributed by atoms with Crippen molar-refractivity contribution >= 4 is 0 Å². The van der Waals surface area contributed by atoms with Crippen LogP contribution in [-0.2, 0) is 9.47 Å². The molecule has 12 heavy (non-hydrogen) atoms. The van der Waals surface area contributed by atoms with E-state index in [9.17, 15) is 0 Å². The van der Waals surface area contributed by atoms with Crippen molar-refractivity contribution in [2.75, 3.05) is 33.0 Å². The number of hydrogen-bond acceptors (Lipinski definition) is 3. The molecular formula is C9H19NO2. The lowest BCUT2D eigenvalue weighted by Gasteiger charge is -2.26. The number of rotatable bonds is 7. The fraction of sp³-hybridized carbons (Fsp3) is 1.00. The van der Waals surface area contributed by atoms with Gasteiger partial charge in [-0.25, -0.2) is 0 Å². The smallest absolute Gasteiger partial charge is 0.0643 e. The third-order valence-electron chi connectivity index (χ3n) is 1.96. The number of nitrogens with one attached hydrogen (secondary N) is 1. The summed E-state index contributed by atoms with van der Waals surface area (Å²) in [5, 5.41) is 3.35. The van der Waals surface area contributed by atoms with Crippen LogP contribution in [0.3, 0.4) is 0 Å². The van der Waals surface area contributed by atoms with Crippen LogP contribution in [0.15, 0.2) is 0 Å². The molecular weight excluding hydrogens is 154 g/mol. The average Bonchev–Trinajstić information content (AvgIpc) is 2.00. The Balaban J connectivity index is 1.70. The maximum atomic E-state index is 5.39. The van der Waals surface area contributed by atoms with Gasteiger partial charge < -0.3 is 14.8 Å². The van der Waals surface area contributed by atoms with E-state index in [1.54, 1.807) is 0 Å². The molecule has 0 aromatic heterocycles. The summed E-state index contributed by atoms with van der Waals surface area (Å²) in [6.07, 6.45) is 2.39. The van der Waals surface area contributed by atoms with E-state index in [1.807, 2.05) is 0 Å². The van der Waals surface area contributed by atoms with Gasteiger partial charge in [-0.3, -0.25) is 0 Å². The van der Waals surface area contributed by atoms with E-state index in [2.05, 4.69) is 12.2 Å². The Morgan fingerprint density at radius 3 is 2.83 bits per heavy atom. The quantitative estimate of drug-likeness (QED) is 0.577. The Morgan fingerprint density at radius 2 is 2.25 bits per heavy atom.